The van der Waals surface area contributed by atoms with E-state index in [1.807, 2.05) is 29.2 Å². The van der Waals surface area contributed by atoms with Crippen LogP contribution >= 0.6 is 15.9 Å². The van der Waals surface area contributed by atoms with Crippen molar-refractivity contribution in [3.8, 4) is 0 Å². The highest BCUT2D eigenvalue weighted by Gasteiger charge is 2.37. The number of likely N-dealkylation sites (tertiary alicyclic amines) is 1. The van der Waals surface area contributed by atoms with Gasteiger partial charge in [-0.3, -0.25) is 19.1 Å². The molecular formula is C22H26BrN5O3. The van der Waals surface area contributed by atoms with Gasteiger partial charge in [-0.2, -0.15) is 5.10 Å². The Hall–Kier alpha value is -2.68. The van der Waals surface area contributed by atoms with Gasteiger partial charge in [-0.05, 0) is 49.4 Å². The van der Waals surface area contributed by atoms with Gasteiger partial charge in [0.2, 0.25) is 17.7 Å². The number of aromatic nitrogens is 2. The first-order valence-corrected chi connectivity index (χ1v) is 11.3. The van der Waals surface area contributed by atoms with Crippen molar-refractivity contribution in [1.82, 2.24) is 14.7 Å². The molecule has 2 fully saturated rings. The predicted molar refractivity (Wildman–Crippen MR) is 120 cm³/mol. The number of carbonyl (C=O) groups excluding carboxylic acids is 3. The highest BCUT2D eigenvalue weighted by Crippen LogP contribution is 2.33. The van der Waals surface area contributed by atoms with E-state index in [0.29, 0.717) is 30.0 Å². The molecule has 0 radical (unpaired) electrons. The van der Waals surface area contributed by atoms with Crippen LogP contribution in [0.4, 0.5) is 11.5 Å². The summed E-state index contributed by atoms with van der Waals surface area (Å²) in [5.41, 5.74) is 1.36. The molecule has 8 nitrogen and oxygen atoms in total. The zero-order valence-corrected chi connectivity index (χ0v) is 19.0. The molecule has 31 heavy (non-hydrogen) atoms. The summed E-state index contributed by atoms with van der Waals surface area (Å²) in [6.07, 6.45) is 4.90. The first-order chi connectivity index (χ1) is 14.9. The third kappa shape index (κ3) is 5.52. The number of aryl methyl sites for hydroxylation is 1. The van der Waals surface area contributed by atoms with Crippen molar-refractivity contribution < 1.29 is 14.4 Å². The van der Waals surface area contributed by atoms with E-state index in [1.54, 1.807) is 17.9 Å². The van der Waals surface area contributed by atoms with Crippen molar-refractivity contribution in [2.75, 3.05) is 23.7 Å². The van der Waals surface area contributed by atoms with Crippen molar-refractivity contribution in [3.05, 3.63) is 40.5 Å². The lowest BCUT2D eigenvalue weighted by molar-refractivity contribution is -0.131. The molecule has 0 unspecified atom stereocenters. The number of anilines is 2. The average molecular weight is 488 g/mol. The van der Waals surface area contributed by atoms with E-state index in [9.17, 15) is 14.4 Å². The summed E-state index contributed by atoms with van der Waals surface area (Å²) < 4.78 is 2.50. The Balaban J connectivity index is 1.31. The summed E-state index contributed by atoms with van der Waals surface area (Å²) in [5, 5.41) is 9.96. The Bertz CT molecular complexity index is 984. The number of hydrogen-bond acceptors (Lipinski definition) is 4. The van der Waals surface area contributed by atoms with Gasteiger partial charge in [0.05, 0.1) is 12.6 Å². The number of nitrogens with one attached hydrogen (secondary N) is 2. The summed E-state index contributed by atoms with van der Waals surface area (Å²) in [6.45, 7) is 1.39. The quantitative estimate of drug-likeness (QED) is 0.627. The highest BCUT2D eigenvalue weighted by atomic mass is 79.9. The molecule has 3 amide bonds. The second-order valence-corrected chi connectivity index (χ2v) is 9.26. The molecule has 1 aromatic heterocycles. The van der Waals surface area contributed by atoms with Gasteiger partial charge >= 0.3 is 0 Å². The Morgan fingerprint density at radius 1 is 1.10 bits per heavy atom. The van der Waals surface area contributed by atoms with Crippen molar-refractivity contribution in [1.29, 1.82) is 0 Å². The first-order valence-electron chi connectivity index (χ1n) is 10.5. The third-order valence-corrected chi connectivity index (χ3v) is 6.28. The minimum absolute atomic E-state index is 0.104. The lowest BCUT2D eigenvalue weighted by atomic mass is 10.0. The van der Waals surface area contributed by atoms with E-state index in [1.165, 1.54) is 0 Å². The lowest BCUT2D eigenvalue weighted by Crippen LogP contribution is -2.30. The molecule has 1 aliphatic heterocycles. The van der Waals surface area contributed by atoms with E-state index in [-0.39, 0.29) is 36.0 Å². The maximum Gasteiger partial charge on any atom is 0.228 e. The van der Waals surface area contributed by atoms with Gasteiger partial charge in [-0.15, -0.1) is 0 Å². The molecule has 1 saturated carbocycles. The number of carbonyl (C=O) groups is 3. The molecule has 4 rings (SSSR count). The van der Waals surface area contributed by atoms with Crippen LogP contribution in [0.25, 0.3) is 0 Å². The fourth-order valence-corrected chi connectivity index (χ4v) is 4.18. The molecular weight excluding hydrogens is 462 g/mol. The molecule has 9 heteroatoms. The van der Waals surface area contributed by atoms with Gasteiger partial charge in [0.25, 0.3) is 0 Å². The molecule has 0 bridgehead atoms. The van der Waals surface area contributed by atoms with Crippen molar-refractivity contribution >= 4 is 45.2 Å². The van der Waals surface area contributed by atoms with Crippen LogP contribution in [-0.2, 0) is 27.9 Å². The summed E-state index contributed by atoms with van der Waals surface area (Å²) in [5.74, 6) is 0.849. The summed E-state index contributed by atoms with van der Waals surface area (Å²) in [4.78, 5) is 39.2. The minimum Gasteiger partial charge on any atom is -0.342 e. The maximum absolute atomic E-state index is 12.6. The average Bonchev–Trinajstić information content (AvgIpc) is 3.40. The van der Waals surface area contributed by atoms with Crippen molar-refractivity contribution in [2.45, 2.75) is 32.1 Å². The predicted octanol–water partition coefficient (Wildman–Crippen LogP) is 2.95. The SMILES string of the molecule is Cn1ncc(CC(=O)Nc2ccc(Br)cc2)c1NC(=O)C[C@@H]1CCN(C(=O)C2CC2)C1. The monoisotopic (exact) mass is 487 g/mol. The van der Waals surface area contributed by atoms with Gasteiger partial charge in [-0.25, -0.2) is 0 Å². The van der Waals surface area contributed by atoms with Crippen LogP contribution in [0.2, 0.25) is 0 Å². The lowest BCUT2D eigenvalue weighted by Gasteiger charge is -2.16. The number of benzene rings is 1. The van der Waals surface area contributed by atoms with Crippen LogP contribution in [0.5, 0.6) is 0 Å². The zero-order valence-electron chi connectivity index (χ0n) is 17.4. The van der Waals surface area contributed by atoms with Crippen LogP contribution in [0.3, 0.4) is 0 Å². The fraction of sp³-hybridized carbons (Fsp3) is 0.455. The van der Waals surface area contributed by atoms with Crippen LogP contribution in [-0.4, -0.2) is 45.5 Å². The minimum atomic E-state index is -0.184. The molecule has 2 aromatic rings. The van der Waals surface area contributed by atoms with Gasteiger partial charge < -0.3 is 15.5 Å². The molecule has 1 saturated heterocycles. The molecule has 1 aromatic carbocycles. The van der Waals surface area contributed by atoms with E-state index in [0.717, 1.165) is 30.3 Å². The number of nitrogens with zero attached hydrogens (tertiary/aromatic N) is 3. The second-order valence-electron chi connectivity index (χ2n) is 8.34. The summed E-state index contributed by atoms with van der Waals surface area (Å²) in [6, 6.07) is 7.33. The van der Waals surface area contributed by atoms with E-state index in [2.05, 4.69) is 31.7 Å². The number of rotatable bonds is 7. The number of hydrogen-bond donors (Lipinski definition) is 2. The fourth-order valence-electron chi connectivity index (χ4n) is 3.92. The highest BCUT2D eigenvalue weighted by molar-refractivity contribution is 9.10. The topological polar surface area (TPSA) is 96.3 Å². The molecule has 1 atom stereocenters. The first kappa shape index (κ1) is 21.5. The van der Waals surface area contributed by atoms with Gasteiger partial charge in [0.15, 0.2) is 0 Å². The Morgan fingerprint density at radius 3 is 2.55 bits per heavy atom. The summed E-state index contributed by atoms with van der Waals surface area (Å²) >= 11 is 3.37. The normalized spacial score (nSPS) is 18.1. The molecule has 1 aliphatic carbocycles. The molecule has 164 valence electrons. The van der Waals surface area contributed by atoms with Crippen molar-refractivity contribution in [2.24, 2.45) is 18.9 Å². The smallest absolute Gasteiger partial charge is 0.228 e. The molecule has 2 aliphatic rings. The van der Waals surface area contributed by atoms with Gasteiger partial charge in [0, 0.05) is 48.2 Å². The maximum atomic E-state index is 12.6. The third-order valence-electron chi connectivity index (χ3n) is 5.75. The Morgan fingerprint density at radius 2 is 1.84 bits per heavy atom. The van der Waals surface area contributed by atoms with E-state index < -0.39 is 0 Å². The van der Waals surface area contributed by atoms with E-state index >= 15 is 0 Å². The number of halogens is 1. The van der Waals surface area contributed by atoms with Gasteiger partial charge in [0.1, 0.15) is 5.82 Å². The van der Waals surface area contributed by atoms with Crippen LogP contribution in [0.15, 0.2) is 34.9 Å². The second kappa shape index (κ2) is 9.21. The van der Waals surface area contributed by atoms with Crippen LogP contribution in [0, 0.1) is 11.8 Å². The van der Waals surface area contributed by atoms with Crippen LogP contribution in [0.1, 0.15) is 31.2 Å². The Kier molecular flexibility index (Phi) is 6.41. The van der Waals surface area contributed by atoms with Crippen LogP contribution < -0.4 is 10.6 Å². The van der Waals surface area contributed by atoms with Gasteiger partial charge in [-0.1, -0.05) is 15.9 Å². The molecule has 2 N–H and O–H groups in total. The van der Waals surface area contributed by atoms with E-state index in [4.69, 9.17) is 0 Å². The molecule has 2 heterocycles. The molecule has 0 spiro atoms. The standard InChI is InChI=1S/C22H26BrN5O3/c1-27-21(16(12-24-27)11-20(30)25-18-6-4-17(23)5-7-18)26-19(29)10-14-8-9-28(13-14)22(31)15-2-3-15/h4-7,12,14-15H,2-3,8-11,13H2,1H3,(H,25,30)(H,26,29)/t14-/m0/s1. The largest absolute Gasteiger partial charge is 0.342 e. The Labute approximate surface area is 189 Å². The van der Waals surface area contributed by atoms with Crippen molar-refractivity contribution in [3.63, 3.8) is 0 Å². The summed E-state index contributed by atoms with van der Waals surface area (Å²) in [7, 11) is 1.73. The number of amides is 3. The zero-order chi connectivity index (χ0) is 22.0.